The number of hydrogen-bond donors (Lipinski definition) is 3. The molecular weight excluding hydrogens is 374 g/mol. The fraction of sp³-hybridized carbons (Fsp3) is 0.571. The van der Waals surface area contributed by atoms with Crippen LogP contribution in [0.3, 0.4) is 0 Å². The second-order valence-electron chi connectivity index (χ2n) is 7.61. The monoisotopic (exact) mass is 405 g/mol. The number of carbonyl (C=O) groups excluding carboxylic acids is 2. The summed E-state index contributed by atoms with van der Waals surface area (Å²) in [5.74, 6) is 1.21. The predicted molar refractivity (Wildman–Crippen MR) is 114 cm³/mol. The molecule has 0 spiro atoms. The molecule has 0 heterocycles. The highest BCUT2D eigenvalue weighted by molar-refractivity contribution is 7.80. The Bertz CT molecular complexity index is 655. The number of benzene rings is 1. The molecule has 0 saturated heterocycles. The molecule has 6 nitrogen and oxygen atoms in total. The van der Waals surface area contributed by atoms with Crippen molar-refractivity contribution in [2.75, 3.05) is 6.61 Å². The Morgan fingerprint density at radius 3 is 2.39 bits per heavy atom. The van der Waals surface area contributed by atoms with Crippen molar-refractivity contribution in [2.24, 2.45) is 5.92 Å². The van der Waals surface area contributed by atoms with Crippen LogP contribution in [-0.2, 0) is 9.59 Å². The number of carbonyl (C=O) groups is 2. The Morgan fingerprint density at radius 2 is 1.75 bits per heavy atom. The normalized spacial score (nSPS) is 14.4. The standard InChI is InChI=1S/C21H31N3O3S/c1-15(2)17-9-11-18(12-10-17)27-14-20(26)23-24-21(28)22-19(25)13-8-16-6-4-3-5-7-16/h9-12,15-16H,3-8,13-14H2,1-2H3,(H,23,26)(H2,22,24,25,28). The summed E-state index contributed by atoms with van der Waals surface area (Å²) in [6.07, 6.45) is 7.62. The maximum atomic E-state index is 12.0. The molecule has 1 aliphatic carbocycles. The van der Waals surface area contributed by atoms with Crippen LogP contribution in [0.1, 0.15) is 70.3 Å². The molecule has 1 aromatic rings. The SMILES string of the molecule is CC(C)c1ccc(OCC(=O)NNC(=S)NC(=O)CCC2CCCCC2)cc1. The highest BCUT2D eigenvalue weighted by Gasteiger charge is 2.15. The largest absolute Gasteiger partial charge is 0.484 e. The Kier molecular flexibility index (Phi) is 9.20. The molecule has 0 aromatic heterocycles. The molecule has 2 rings (SSSR count). The number of hydrogen-bond acceptors (Lipinski definition) is 4. The number of ether oxygens (including phenoxy) is 1. The van der Waals surface area contributed by atoms with E-state index in [0.29, 0.717) is 24.0 Å². The molecule has 1 aromatic carbocycles. The number of hydrazine groups is 1. The van der Waals surface area contributed by atoms with E-state index in [1.54, 1.807) is 0 Å². The summed E-state index contributed by atoms with van der Waals surface area (Å²) in [5, 5.41) is 2.68. The van der Waals surface area contributed by atoms with Gasteiger partial charge in [0.05, 0.1) is 0 Å². The highest BCUT2D eigenvalue weighted by Crippen LogP contribution is 2.27. The minimum Gasteiger partial charge on any atom is -0.484 e. The van der Waals surface area contributed by atoms with Gasteiger partial charge in [0.25, 0.3) is 5.91 Å². The summed E-state index contributed by atoms with van der Waals surface area (Å²) in [7, 11) is 0. The molecule has 0 atom stereocenters. The molecule has 2 amide bonds. The maximum absolute atomic E-state index is 12.0. The van der Waals surface area contributed by atoms with Crippen molar-refractivity contribution < 1.29 is 14.3 Å². The van der Waals surface area contributed by atoms with Gasteiger partial charge in [0.1, 0.15) is 5.75 Å². The van der Waals surface area contributed by atoms with Crippen LogP contribution in [0.25, 0.3) is 0 Å². The summed E-state index contributed by atoms with van der Waals surface area (Å²) in [6.45, 7) is 4.09. The van der Waals surface area contributed by atoms with E-state index in [9.17, 15) is 9.59 Å². The number of amides is 2. The predicted octanol–water partition coefficient (Wildman–Crippen LogP) is 3.57. The van der Waals surface area contributed by atoms with Crippen molar-refractivity contribution in [3.8, 4) is 5.75 Å². The highest BCUT2D eigenvalue weighted by atomic mass is 32.1. The van der Waals surface area contributed by atoms with Gasteiger partial charge in [0, 0.05) is 6.42 Å². The third kappa shape index (κ3) is 8.25. The molecule has 3 N–H and O–H groups in total. The Balaban J connectivity index is 1.59. The fourth-order valence-corrected chi connectivity index (χ4v) is 3.46. The molecule has 28 heavy (non-hydrogen) atoms. The van der Waals surface area contributed by atoms with E-state index in [1.165, 1.54) is 37.7 Å². The third-order valence-corrected chi connectivity index (χ3v) is 5.19. The Morgan fingerprint density at radius 1 is 1.07 bits per heavy atom. The number of thiocarbonyl (C=S) groups is 1. The van der Waals surface area contributed by atoms with Crippen molar-refractivity contribution in [2.45, 2.75) is 64.7 Å². The van der Waals surface area contributed by atoms with Gasteiger partial charge in [0.15, 0.2) is 11.7 Å². The van der Waals surface area contributed by atoms with Gasteiger partial charge in [-0.1, -0.05) is 58.1 Å². The van der Waals surface area contributed by atoms with Gasteiger partial charge in [-0.3, -0.25) is 20.4 Å². The van der Waals surface area contributed by atoms with E-state index in [1.807, 2.05) is 24.3 Å². The van der Waals surface area contributed by atoms with Crippen molar-refractivity contribution in [3.05, 3.63) is 29.8 Å². The first kappa shape index (κ1) is 22.1. The lowest BCUT2D eigenvalue weighted by molar-refractivity contribution is -0.124. The van der Waals surface area contributed by atoms with Gasteiger partial charge in [-0.05, 0) is 48.2 Å². The van der Waals surface area contributed by atoms with Crippen LogP contribution in [0.5, 0.6) is 5.75 Å². The lowest BCUT2D eigenvalue weighted by Crippen LogP contribution is -2.49. The average Bonchev–Trinajstić information content (AvgIpc) is 2.70. The van der Waals surface area contributed by atoms with E-state index < -0.39 is 0 Å². The first-order valence-corrected chi connectivity index (χ1v) is 10.5. The summed E-state index contributed by atoms with van der Waals surface area (Å²) in [5.41, 5.74) is 6.17. The molecule has 1 fully saturated rings. The quantitative estimate of drug-likeness (QED) is 0.477. The van der Waals surface area contributed by atoms with E-state index in [-0.39, 0.29) is 23.5 Å². The zero-order chi connectivity index (χ0) is 20.4. The topological polar surface area (TPSA) is 79.5 Å². The summed E-state index contributed by atoms with van der Waals surface area (Å²) < 4.78 is 5.44. The minimum absolute atomic E-state index is 0.0864. The van der Waals surface area contributed by atoms with Gasteiger partial charge in [-0.15, -0.1) is 0 Å². The van der Waals surface area contributed by atoms with Gasteiger partial charge < -0.3 is 10.1 Å². The van der Waals surface area contributed by atoms with Crippen LogP contribution in [0, 0.1) is 5.92 Å². The first-order chi connectivity index (χ1) is 13.4. The zero-order valence-electron chi connectivity index (χ0n) is 16.8. The first-order valence-electron chi connectivity index (χ1n) is 10.1. The van der Waals surface area contributed by atoms with Gasteiger partial charge >= 0.3 is 0 Å². The molecule has 0 bridgehead atoms. The molecular formula is C21H31N3O3S. The lowest BCUT2D eigenvalue weighted by atomic mass is 9.86. The van der Waals surface area contributed by atoms with Gasteiger partial charge in [-0.25, -0.2) is 0 Å². The summed E-state index contributed by atoms with van der Waals surface area (Å²) in [4.78, 5) is 23.8. The molecule has 0 radical (unpaired) electrons. The summed E-state index contributed by atoms with van der Waals surface area (Å²) >= 11 is 5.04. The molecule has 1 saturated carbocycles. The van der Waals surface area contributed by atoms with E-state index in [4.69, 9.17) is 17.0 Å². The molecule has 0 unspecified atom stereocenters. The fourth-order valence-electron chi connectivity index (χ4n) is 3.29. The van der Waals surface area contributed by atoms with Gasteiger partial charge in [0.2, 0.25) is 5.91 Å². The Labute approximate surface area is 172 Å². The second kappa shape index (κ2) is 11.6. The van der Waals surface area contributed by atoms with Crippen LogP contribution in [0.15, 0.2) is 24.3 Å². The molecule has 7 heteroatoms. The molecule has 1 aliphatic rings. The average molecular weight is 406 g/mol. The molecule has 0 aliphatic heterocycles. The number of nitrogens with one attached hydrogen (secondary N) is 3. The van der Waals surface area contributed by atoms with E-state index >= 15 is 0 Å². The van der Waals surface area contributed by atoms with Crippen molar-refractivity contribution in [3.63, 3.8) is 0 Å². The summed E-state index contributed by atoms with van der Waals surface area (Å²) in [6, 6.07) is 7.64. The van der Waals surface area contributed by atoms with Crippen LogP contribution in [0.4, 0.5) is 0 Å². The molecule has 154 valence electrons. The van der Waals surface area contributed by atoms with Crippen molar-refractivity contribution in [1.29, 1.82) is 0 Å². The van der Waals surface area contributed by atoms with Crippen LogP contribution >= 0.6 is 12.2 Å². The second-order valence-corrected chi connectivity index (χ2v) is 8.01. The van der Waals surface area contributed by atoms with Crippen LogP contribution in [0.2, 0.25) is 0 Å². The zero-order valence-corrected chi connectivity index (χ0v) is 17.6. The third-order valence-electron chi connectivity index (χ3n) is 4.99. The van der Waals surface area contributed by atoms with Crippen molar-refractivity contribution in [1.82, 2.24) is 16.2 Å². The van der Waals surface area contributed by atoms with Gasteiger partial charge in [-0.2, -0.15) is 0 Å². The smallest absolute Gasteiger partial charge is 0.276 e. The van der Waals surface area contributed by atoms with Crippen molar-refractivity contribution >= 4 is 29.1 Å². The van der Waals surface area contributed by atoms with Crippen LogP contribution in [-0.4, -0.2) is 23.5 Å². The maximum Gasteiger partial charge on any atom is 0.276 e. The Hall–Kier alpha value is -2.15. The van der Waals surface area contributed by atoms with E-state index in [2.05, 4.69) is 30.0 Å². The van der Waals surface area contributed by atoms with Crippen LogP contribution < -0.4 is 20.9 Å². The van der Waals surface area contributed by atoms with E-state index in [0.717, 1.165) is 6.42 Å². The number of rotatable bonds is 7. The minimum atomic E-state index is -0.383. The lowest BCUT2D eigenvalue weighted by Gasteiger charge is -2.21.